The lowest BCUT2D eigenvalue weighted by Gasteiger charge is -2.21. The van der Waals surface area contributed by atoms with Gasteiger partial charge in [-0.25, -0.2) is 14.6 Å². The Morgan fingerprint density at radius 3 is 2.58 bits per heavy atom. The zero-order valence-corrected chi connectivity index (χ0v) is 20.2. The minimum Gasteiger partial charge on any atom is -0.480 e. The number of amides is 3. The van der Waals surface area contributed by atoms with E-state index in [0.29, 0.717) is 24.7 Å². The third-order valence-electron chi connectivity index (χ3n) is 6.65. The highest BCUT2D eigenvalue weighted by Gasteiger charge is 2.36. The molecule has 36 heavy (non-hydrogen) atoms. The number of aromatic nitrogens is 1. The molecule has 0 radical (unpaired) electrons. The molecule has 198 valence electrons. The molecule has 1 saturated carbocycles. The molecule has 2 fully saturated rings. The van der Waals surface area contributed by atoms with E-state index in [2.05, 4.69) is 20.9 Å². The standard InChI is InChI=1S/C24H35N5O7/c30-21(9-8-16-5-1-2-6-16)28-19(23(32)33)13-27-22(31)15-36-18-11-17(29(14-18)24(34)35)12-26-20-7-3-4-10-25-20/h3-4,7,10,16-19H,1-2,5-6,8-9,11-15H2,(H,25,26)(H,27,31)(H,28,30)(H,32,33)(H,34,35). The van der Waals surface area contributed by atoms with Crippen molar-refractivity contribution in [1.29, 1.82) is 0 Å². The van der Waals surface area contributed by atoms with Crippen LogP contribution >= 0.6 is 0 Å². The minimum absolute atomic E-state index is 0.117. The molecule has 3 amide bonds. The van der Waals surface area contributed by atoms with E-state index in [9.17, 15) is 29.4 Å². The van der Waals surface area contributed by atoms with Gasteiger partial charge in [-0.2, -0.15) is 0 Å². The van der Waals surface area contributed by atoms with Gasteiger partial charge in [0.1, 0.15) is 18.5 Å². The summed E-state index contributed by atoms with van der Waals surface area (Å²) in [5.74, 6) is -0.969. The first-order valence-electron chi connectivity index (χ1n) is 12.4. The number of hydrogen-bond donors (Lipinski definition) is 5. The first-order valence-corrected chi connectivity index (χ1v) is 12.4. The van der Waals surface area contributed by atoms with E-state index in [1.807, 2.05) is 6.07 Å². The third kappa shape index (κ3) is 8.67. The summed E-state index contributed by atoms with van der Waals surface area (Å²) >= 11 is 0. The number of aliphatic carboxylic acids is 1. The number of rotatable bonds is 13. The highest BCUT2D eigenvalue weighted by Crippen LogP contribution is 2.28. The van der Waals surface area contributed by atoms with Crippen LogP contribution in [0.25, 0.3) is 0 Å². The summed E-state index contributed by atoms with van der Waals surface area (Å²) in [6.45, 7) is -0.155. The summed E-state index contributed by atoms with van der Waals surface area (Å²) in [5, 5.41) is 26.9. The fraction of sp³-hybridized carbons (Fsp3) is 0.625. The molecule has 1 aromatic heterocycles. The van der Waals surface area contributed by atoms with E-state index >= 15 is 0 Å². The molecular weight excluding hydrogens is 470 g/mol. The molecule has 12 nitrogen and oxygen atoms in total. The lowest BCUT2D eigenvalue weighted by Crippen LogP contribution is -2.49. The topological polar surface area (TPSA) is 170 Å². The van der Waals surface area contributed by atoms with Crippen molar-refractivity contribution in [3.8, 4) is 0 Å². The number of carboxylic acids is 1. The second kappa shape index (κ2) is 13.6. The van der Waals surface area contributed by atoms with Crippen LogP contribution in [0.15, 0.2) is 24.4 Å². The number of carboxylic acid groups (broad SMARTS) is 2. The number of carbonyl (C=O) groups is 4. The molecule has 5 N–H and O–H groups in total. The molecule has 3 unspecified atom stereocenters. The predicted octanol–water partition coefficient (Wildman–Crippen LogP) is 1.29. The lowest BCUT2D eigenvalue weighted by molar-refractivity contribution is -0.142. The van der Waals surface area contributed by atoms with Crippen LogP contribution < -0.4 is 16.0 Å². The van der Waals surface area contributed by atoms with E-state index in [1.165, 1.54) is 17.7 Å². The average Bonchev–Trinajstić information content (AvgIpc) is 3.53. The molecule has 2 aliphatic rings. The van der Waals surface area contributed by atoms with Gasteiger partial charge in [0.05, 0.1) is 18.7 Å². The van der Waals surface area contributed by atoms with E-state index in [-0.39, 0.29) is 38.1 Å². The van der Waals surface area contributed by atoms with Gasteiger partial charge in [0.25, 0.3) is 0 Å². The molecule has 1 aromatic rings. The van der Waals surface area contributed by atoms with Gasteiger partial charge in [-0.05, 0) is 30.9 Å². The number of carbonyl (C=O) groups excluding carboxylic acids is 2. The lowest BCUT2D eigenvalue weighted by atomic mass is 10.0. The van der Waals surface area contributed by atoms with Gasteiger partial charge in [-0.15, -0.1) is 0 Å². The maximum Gasteiger partial charge on any atom is 0.407 e. The Hall–Kier alpha value is -3.41. The normalized spacial score (nSPS) is 20.6. The smallest absolute Gasteiger partial charge is 0.407 e. The Morgan fingerprint density at radius 1 is 1.14 bits per heavy atom. The van der Waals surface area contributed by atoms with E-state index < -0.39 is 30.1 Å². The first kappa shape index (κ1) is 27.2. The molecular formula is C24H35N5O7. The van der Waals surface area contributed by atoms with Crippen LogP contribution in [0.2, 0.25) is 0 Å². The van der Waals surface area contributed by atoms with Crippen LogP contribution in [0.3, 0.4) is 0 Å². The summed E-state index contributed by atoms with van der Waals surface area (Å²) < 4.78 is 5.60. The number of likely N-dealkylation sites (tertiary alicyclic amines) is 1. The summed E-state index contributed by atoms with van der Waals surface area (Å²) in [4.78, 5) is 52.9. The second-order valence-electron chi connectivity index (χ2n) is 9.30. The SMILES string of the molecule is O=C(COC1CC(CNc2ccccn2)N(C(=O)O)C1)NCC(NC(=O)CCC1CCCC1)C(=O)O. The fourth-order valence-electron chi connectivity index (χ4n) is 4.67. The van der Waals surface area contributed by atoms with Crippen molar-refractivity contribution >= 4 is 29.7 Å². The average molecular weight is 506 g/mol. The third-order valence-corrected chi connectivity index (χ3v) is 6.65. The van der Waals surface area contributed by atoms with Crippen molar-refractivity contribution in [3.05, 3.63) is 24.4 Å². The van der Waals surface area contributed by atoms with Crippen molar-refractivity contribution in [2.24, 2.45) is 5.92 Å². The zero-order chi connectivity index (χ0) is 25.9. The summed E-state index contributed by atoms with van der Waals surface area (Å²) in [6.07, 6.45) is 6.05. The maximum atomic E-state index is 12.2. The number of hydrogen-bond acceptors (Lipinski definition) is 7. The number of nitrogens with zero attached hydrogens (tertiary/aromatic N) is 2. The zero-order valence-electron chi connectivity index (χ0n) is 20.2. The van der Waals surface area contributed by atoms with Gasteiger partial charge in [0.2, 0.25) is 11.8 Å². The Balaban J connectivity index is 1.38. The first-order chi connectivity index (χ1) is 17.3. The van der Waals surface area contributed by atoms with Gasteiger partial charge in [-0.1, -0.05) is 31.7 Å². The van der Waals surface area contributed by atoms with Gasteiger partial charge < -0.3 is 35.8 Å². The van der Waals surface area contributed by atoms with Crippen molar-refractivity contribution in [1.82, 2.24) is 20.5 Å². The van der Waals surface area contributed by atoms with E-state index in [4.69, 9.17) is 4.74 Å². The highest BCUT2D eigenvalue weighted by atomic mass is 16.5. The van der Waals surface area contributed by atoms with Crippen LogP contribution in [0.1, 0.15) is 44.9 Å². The molecule has 1 saturated heterocycles. The Morgan fingerprint density at radius 2 is 1.92 bits per heavy atom. The van der Waals surface area contributed by atoms with E-state index in [1.54, 1.807) is 18.3 Å². The van der Waals surface area contributed by atoms with Gasteiger partial charge >= 0.3 is 12.1 Å². The van der Waals surface area contributed by atoms with Gasteiger partial charge in [0, 0.05) is 25.7 Å². The van der Waals surface area contributed by atoms with Gasteiger partial charge in [0.15, 0.2) is 0 Å². The van der Waals surface area contributed by atoms with Crippen LogP contribution in [0.5, 0.6) is 0 Å². The van der Waals surface area contributed by atoms with Crippen molar-refractivity contribution in [2.45, 2.75) is 63.1 Å². The van der Waals surface area contributed by atoms with E-state index in [0.717, 1.165) is 19.3 Å². The Kier molecular flexibility index (Phi) is 10.3. The van der Waals surface area contributed by atoms with Gasteiger partial charge in [-0.3, -0.25) is 9.59 Å². The summed E-state index contributed by atoms with van der Waals surface area (Å²) in [7, 11) is 0. The molecule has 3 atom stereocenters. The van der Waals surface area contributed by atoms with Crippen LogP contribution in [-0.4, -0.2) is 88.4 Å². The van der Waals surface area contributed by atoms with Crippen LogP contribution in [0.4, 0.5) is 10.6 Å². The highest BCUT2D eigenvalue weighted by molar-refractivity contribution is 5.84. The Bertz CT molecular complexity index is 894. The molecule has 2 heterocycles. The molecule has 3 rings (SSSR count). The number of anilines is 1. The second-order valence-corrected chi connectivity index (χ2v) is 9.30. The van der Waals surface area contributed by atoms with Crippen molar-refractivity contribution in [2.75, 3.05) is 31.6 Å². The van der Waals surface area contributed by atoms with Crippen LogP contribution in [0, 0.1) is 5.92 Å². The quantitative estimate of drug-likeness (QED) is 0.265. The molecule has 0 aromatic carbocycles. The number of nitrogens with one attached hydrogen (secondary N) is 3. The largest absolute Gasteiger partial charge is 0.480 e. The molecule has 12 heteroatoms. The minimum atomic E-state index is -1.24. The van der Waals surface area contributed by atoms with Crippen LogP contribution in [-0.2, 0) is 19.1 Å². The monoisotopic (exact) mass is 505 g/mol. The van der Waals surface area contributed by atoms with Crippen molar-refractivity contribution in [3.63, 3.8) is 0 Å². The number of pyridine rings is 1. The summed E-state index contributed by atoms with van der Waals surface area (Å²) in [5.41, 5.74) is 0. The molecule has 1 aliphatic carbocycles. The molecule has 0 bridgehead atoms. The summed E-state index contributed by atoms with van der Waals surface area (Å²) in [6, 6.07) is 3.79. The molecule has 1 aliphatic heterocycles. The Labute approximate surface area is 209 Å². The fourth-order valence-corrected chi connectivity index (χ4v) is 4.67. The number of ether oxygens (including phenoxy) is 1. The van der Waals surface area contributed by atoms with Crippen molar-refractivity contribution < 1.29 is 34.1 Å². The molecule has 0 spiro atoms. The predicted molar refractivity (Wildman–Crippen MR) is 129 cm³/mol. The maximum absolute atomic E-state index is 12.2.